The van der Waals surface area contributed by atoms with E-state index in [1.807, 2.05) is 146 Å². The molecule has 0 amide bonds. The molecule has 4 heterocycles. The van der Waals surface area contributed by atoms with Crippen molar-refractivity contribution in [2.24, 2.45) is 0 Å². The zero-order valence-electron chi connectivity index (χ0n) is 39.5. The van der Waals surface area contributed by atoms with Crippen molar-refractivity contribution >= 4 is 56.7 Å². The van der Waals surface area contributed by atoms with E-state index in [1.54, 1.807) is 11.8 Å². The van der Waals surface area contributed by atoms with Crippen molar-refractivity contribution in [1.29, 1.82) is 0 Å². The van der Waals surface area contributed by atoms with Crippen molar-refractivity contribution in [3.05, 3.63) is 243 Å². The second kappa shape index (κ2) is 18.1. The van der Waals surface area contributed by atoms with Gasteiger partial charge in [0.25, 0.3) is 0 Å². The van der Waals surface area contributed by atoms with Crippen molar-refractivity contribution in [1.82, 2.24) is 29.9 Å². The molecule has 0 unspecified atom stereocenters. The maximum absolute atomic E-state index is 6.68. The first-order chi connectivity index (χ1) is 36.7. The molecule has 9 nitrogen and oxygen atoms in total. The quantitative estimate of drug-likeness (QED) is 0.147. The molecule has 0 spiro atoms. The number of para-hydroxylation sites is 6. The largest absolute Gasteiger partial charge is 0.453 e. The number of anilines is 6. The molecule has 2 aromatic heterocycles. The molecule has 0 radical (unpaired) electrons. The third-order valence-corrected chi connectivity index (χ3v) is 14.4. The Morgan fingerprint density at radius 3 is 1.12 bits per heavy atom. The predicted molar refractivity (Wildman–Crippen MR) is 297 cm³/mol. The van der Waals surface area contributed by atoms with E-state index < -0.39 is 0 Å². The molecule has 0 fully saturated rings. The molecule has 0 atom stereocenters. The third kappa shape index (κ3) is 7.69. The molecule has 2 aliphatic heterocycles. The van der Waals surface area contributed by atoms with Crippen LogP contribution in [0.2, 0.25) is 0 Å². The summed E-state index contributed by atoms with van der Waals surface area (Å²) >= 11 is 1.78. The first-order valence-corrected chi connectivity index (χ1v) is 25.2. The Hall–Kier alpha value is -9.77. The lowest BCUT2D eigenvalue weighted by molar-refractivity contribution is 0.477. The van der Waals surface area contributed by atoms with Gasteiger partial charge in [0.15, 0.2) is 46.4 Å². The van der Waals surface area contributed by atoms with E-state index in [1.165, 1.54) is 0 Å². The van der Waals surface area contributed by atoms with Gasteiger partial charge in [-0.05, 0) is 78.2 Å². The lowest BCUT2D eigenvalue weighted by atomic mass is 9.95. The van der Waals surface area contributed by atoms with Crippen LogP contribution in [0.1, 0.15) is 0 Å². The lowest BCUT2D eigenvalue weighted by Gasteiger charge is -2.36. The van der Waals surface area contributed by atoms with E-state index in [0.29, 0.717) is 34.9 Å². The fourth-order valence-electron chi connectivity index (χ4n) is 9.87. The normalized spacial score (nSPS) is 12.3. The number of nitrogens with zero attached hydrogens (tertiary/aromatic N) is 8. The Bertz CT molecular complexity index is 3900. The van der Waals surface area contributed by atoms with Gasteiger partial charge in [-0.15, -0.1) is 0 Å². The van der Waals surface area contributed by atoms with Gasteiger partial charge in [0.2, 0.25) is 0 Å². The minimum atomic E-state index is 0.492. The van der Waals surface area contributed by atoms with Gasteiger partial charge in [0, 0.05) is 54.2 Å². The number of hydrogen-bond acceptors (Lipinski definition) is 10. The maximum atomic E-state index is 6.68. The average molecular weight is 969 g/mol. The van der Waals surface area contributed by atoms with Crippen LogP contribution in [0.15, 0.2) is 252 Å². The Kier molecular flexibility index (Phi) is 10.5. The molecule has 12 aromatic rings. The number of ether oxygens (including phenoxy) is 1. The summed E-state index contributed by atoms with van der Waals surface area (Å²) < 4.78 is 6.68. The SMILES string of the molecule is c1ccc(-c2nc(-c3ccccc3)nc(-c3cc(-c4nc(-c5ccccc5)nc(-c5ccccc5)n4)c4cc(N5c6ccccc6Sc6ccccc65)cc(N5c6ccccc6Oc6ccccc65)c4c3)n2)cc1. The van der Waals surface area contributed by atoms with Crippen LogP contribution in [0.3, 0.4) is 0 Å². The molecule has 74 heavy (non-hydrogen) atoms. The minimum Gasteiger partial charge on any atom is -0.453 e. The second-order valence-corrected chi connectivity index (χ2v) is 19.0. The van der Waals surface area contributed by atoms with Crippen molar-refractivity contribution < 1.29 is 4.74 Å². The first-order valence-electron chi connectivity index (χ1n) is 24.4. The van der Waals surface area contributed by atoms with E-state index in [2.05, 4.69) is 107 Å². The molecule has 0 saturated carbocycles. The lowest BCUT2D eigenvalue weighted by Crippen LogP contribution is -2.18. The summed E-state index contributed by atoms with van der Waals surface area (Å²) in [5, 5.41) is 1.81. The summed E-state index contributed by atoms with van der Waals surface area (Å²) in [6, 6.07) is 82.9. The smallest absolute Gasteiger partial charge is 0.164 e. The zero-order valence-corrected chi connectivity index (χ0v) is 40.3. The highest BCUT2D eigenvalue weighted by atomic mass is 32.2. The van der Waals surface area contributed by atoms with Gasteiger partial charge in [-0.25, -0.2) is 29.9 Å². The number of rotatable bonds is 8. The molecular formula is C64H40N8OS. The van der Waals surface area contributed by atoms with Crippen LogP contribution in [-0.4, -0.2) is 29.9 Å². The highest BCUT2D eigenvalue weighted by Gasteiger charge is 2.31. The molecule has 0 aliphatic carbocycles. The van der Waals surface area contributed by atoms with Crippen LogP contribution in [-0.2, 0) is 0 Å². The maximum Gasteiger partial charge on any atom is 0.164 e. The summed E-state index contributed by atoms with van der Waals surface area (Å²) in [5.74, 6) is 4.67. The van der Waals surface area contributed by atoms with Crippen molar-refractivity contribution in [3.63, 3.8) is 0 Å². The predicted octanol–water partition coefficient (Wildman–Crippen LogP) is 16.7. The molecule has 10 aromatic carbocycles. The number of aromatic nitrogens is 6. The van der Waals surface area contributed by atoms with Crippen molar-refractivity contribution in [3.8, 4) is 79.8 Å². The average Bonchev–Trinajstić information content (AvgIpc) is 3.48. The summed E-state index contributed by atoms with van der Waals surface area (Å²) in [7, 11) is 0. The van der Waals surface area contributed by atoms with Gasteiger partial charge in [-0.3, -0.25) is 0 Å². The Balaban J connectivity index is 1.13. The summed E-state index contributed by atoms with van der Waals surface area (Å²) in [6.45, 7) is 0. The van der Waals surface area contributed by atoms with E-state index in [9.17, 15) is 0 Å². The fourth-order valence-corrected chi connectivity index (χ4v) is 10.9. The Morgan fingerprint density at radius 2 is 0.662 bits per heavy atom. The van der Waals surface area contributed by atoms with Crippen LogP contribution in [0.5, 0.6) is 11.5 Å². The summed E-state index contributed by atoms with van der Waals surface area (Å²) in [5.41, 5.74) is 10.8. The molecule has 2 aliphatic rings. The number of hydrogen-bond donors (Lipinski definition) is 0. The fraction of sp³-hybridized carbons (Fsp3) is 0. The summed E-state index contributed by atoms with van der Waals surface area (Å²) in [6.07, 6.45) is 0. The van der Waals surface area contributed by atoms with Crippen LogP contribution < -0.4 is 14.5 Å². The third-order valence-electron chi connectivity index (χ3n) is 13.3. The highest BCUT2D eigenvalue weighted by molar-refractivity contribution is 7.99. The minimum absolute atomic E-state index is 0.492. The van der Waals surface area contributed by atoms with Gasteiger partial charge in [-0.2, -0.15) is 0 Å². The van der Waals surface area contributed by atoms with Crippen LogP contribution in [0.25, 0.3) is 79.1 Å². The monoisotopic (exact) mass is 968 g/mol. The van der Waals surface area contributed by atoms with E-state index in [4.69, 9.17) is 34.6 Å². The molecule has 10 heteroatoms. The Labute approximate surface area is 431 Å². The molecule has 0 N–H and O–H groups in total. The molecule has 348 valence electrons. The number of fused-ring (bicyclic) bond motifs is 5. The topological polar surface area (TPSA) is 93.0 Å². The van der Waals surface area contributed by atoms with Gasteiger partial charge in [0.05, 0.1) is 28.4 Å². The van der Waals surface area contributed by atoms with Gasteiger partial charge < -0.3 is 14.5 Å². The van der Waals surface area contributed by atoms with Crippen LogP contribution in [0.4, 0.5) is 34.1 Å². The van der Waals surface area contributed by atoms with Gasteiger partial charge in [-0.1, -0.05) is 182 Å². The molecule has 0 saturated heterocycles. The molecule has 0 bridgehead atoms. The molecular weight excluding hydrogens is 929 g/mol. The van der Waals surface area contributed by atoms with Crippen molar-refractivity contribution in [2.45, 2.75) is 9.79 Å². The van der Waals surface area contributed by atoms with Gasteiger partial charge >= 0.3 is 0 Å². The van der Waals surface area contributed by atoms with Gasteiger partial charge in [0.1, 0.15) is 0 Å². The van der Waals surface area contributed by atoms with Crippen molar-refractivity contribution in [2.75, 3.05) is 9.80 Å². The first kappa shape index (κ1) is 43.1. The Morgan fingerprint density at radius 1 is 0.284 bits per heavy atom. The molecule has 14 rings (SSSR count). The van der Waals surface area contributed by atoms with E-state index >= 15 is 0 Å². The zero-order chi connectivity index (χ0) is 49.0. The number of benzene rings is 10. The summed E-state index contributed by atoms with van der Waals surface area (Å²) in [4.78, 5) is 38.7. The van der Waals surface area contributed by atoms with Crippen LogP contribution in [0, 0.1) is 0 Å². The van der Waals surface area contributed by atoms with Crippen LogP contribution >= 0.6 is 11.8 Å². The second-order valence-electron chi connectivity index (χ2n) is 17.9. The van der Waals surface area contributed by atoms with E-state index in [-0.39, 0.29) is 0 Å². The standard InChI is InChI=1S/C64H40N8OS/c1-5-21-41(22-6-1)59-65-60(42-23-7-2-8-24-42)68-63(67-59)45-37-48-47(49(38-45)64-69-61(43-25-9-3-10-26-43)66-62(70-64)44-27-11-4-12-28-44)39-46(71-52-31-15-19-35-57(52)74-58-36-20-16-32-53(58)71)40-54(48)72-50-29-13-17-33-55(50)73-56-34-18-14-30-51(56)72/h1-40H. The highest BCUT2D eigenvalue weighted by Crippen LogP contribution is 2.56. The van der Waals surface area contributed by atoms with E-state index in [0.717, 1.165) is 99.6 Å².